The topological polar surface area (TPSA) is 39.9 Å². The van der Waals surface area contributed by atoms with E-state index < -0.39 is 0 Å². The fourth-order valence-corrected chi connectivity index (χ4v) is 1.65. The van der Waals surface area contributed by atoms with Crippen LogP contribution >= 0.6 is 0 Å². The Bertz CT molecular complexity index is 465. The van der Waals surface area contributed by atoms with Gasteiger partial charge in [-0.1, -0.05) is 19.1 Å². The van der Waals surface area contributed by atoms with E-state index in [9.17, 15) is 0 Å². The lowest BCUT2D eigenvalue weighted by atomic mass is 10.2. The Labute approximate surface area is 94.9 Å². The van der Waals surface area contributed by atoms with Crippen LogP contribution < -0.4 is 4.74 Å². The van der Waals surface area contributed by atoms with Crippen molar-refractivity contribution in [3.05, 3.63) is 30.6 Å². The predicted octanol–water partition coefficient (Wildman–Crippen LogP) is 2.36. The van der Waals surface area contributed by atoms with Gasteiger partial charge in [-0.25, -0.2) is 0 Å². The monoisotopic (exact) mass is 217 g/mol. The standard InChI is InChI=1S/C12H15N3O/c1-3-7-15-9-13-14-12(15)10-5-4-6-11(8-10)16-2/h4-6,8-9H,3,7H2,1-2H3. The second kappa shape index (κ2) is 4.79. The van der Waals surface area contributed by atoms with Gasteiger partial charge in [0.15, 0.2) is 5.82 Å². The molecule has 2 aromatic rings. The van der Waals surface area contributed by atoms with Gasteiger partial charge in [-0.15, -0.1) is 10.2 Å². The van der Waals surface area contributed by atoms with Crippen LogP contribution in [0.1, 0.15) is 13.3 Å². The number of ether oxygens (including phenoxy) is 1. The van der Waals surface area contributed by atoms with E-state index in [4.69, 9.17) is 4.74 Å². The lowest BCUT2D eigenvalue weighted by Crippen LogP contribution is -1.98. The minimum atomic E-state index is 0.837. The molecule has 0 spiro atoms. The lowest BCUT2D eigenvalue weighted by molar-refractivity contribution is 0.415. The molecule has 1 heterocycles. The van der Waals surface area contributed by atoms with Crippen LogP contribution in [-0.2, 0) is 6.54 Å². The fraction of sp³-hybridized carbons (Fsp3) is 0.333. The van der Waals surface area contributed by atoms with Gasteiger partial charge in [0, 0.05) is 12.1 Å². The molecule has 4 nitrogen and oxygen atoms in total. The first-order valence-electron chi connectivity index (χ1n) is 5.37. The van der Waals surface area contributed by atoms with Gasteiger partial charge in [-0.2, -0.15) is 0 Å². The molecule has 16 heavy (non-hydrogen) atoms. The first-order chi connectivity index (χ1) is 7.85. The Morgan fingerprint density at radius 2 is 2.25 bits per heavy atom. The number of rotatable bonds is 4. The summed E-state index contributed by atoms with van der Waals surface area (Å²) >= 11 is 0. The molecule has 0 saturated carbocycles. The van der Waals surface area contributed by atoms with Crippen molar-refractivity contribution in [3.8, 4) is 17.1 Å². The molecule has 1 aromatic heterocycles. The summed E-state index contributed by atoms with van der Waals surface area (Å²) in [4.78, 5) is 0. The second-order valence-electron chi connectivity index (χ2n) is 3.58. The minimum Gasteiger partial charge on any atom is -0.497 e. The molecule has 0 amide bonds. The summed E-state index contributed by atoms with van der Waals surface area (Å²) in [7, 11) is 1.66. The molecule has 1 aromatic carbocycles. The lowest BCUT2D eigenvalue weighted by Gasteiger charge is -2.06. The maximum Gasteiger partial charge on any atom is 0.163 e. The Morgan fingerprint density at radius 3 is 3.00 bits per heavy atom. The van der Waals surface area contributed by atoms with Crippen LogP contribution in [0.15, 0.2) is 30.6 Å². The maximum atomic E-state index is 5.20. The van der Waals surface area contributed by atoms with E-state index in [-0.39, 0.29) is 0 Å². The first-order valence-corrected chi connectivity index (χ1v) is 5.37. The summed E-state index contributed by atoms with van der Waals surface area (Å²) in [6.45, 7) is 3.06. The van der Waals surface area contributed by atoms with Crippen LogP contribution in [0.5, 0.6) is 5.75 Å². The van der Waals surface area contributed by atoms with Crippen LogP contribution in [0.2, 0.25) is 0 Å². The summed E-state index contributed by atoms with van der Waals surface area (Å²) in [5.41, 5.74) is 1.03. The number of hydrogen-bond acceptors (Lipinski definition) is 3. The number of aromatic nitrogens is 3. The highest BCUT2D eigenvalue weighted by atomic mass is 16.5. The molecule has 84 valence electrons. The van der Waals surface area contributed by atoms with Gasteiger partial charge in [0.1, 0.15) is 12.1 Å². The Balaban J connectivity index is 2.37. The average Bonchev–Trinajstić information content (AvgIpc) is 2.78. The van der Waals surface area contributed by atoms with Crippen LogP contribution in [0.25, 0.3) is 11.4 Å². The van der Waals surface area contributed by atoms with Crippen molar-refractivity contribution < 1.29 is 4.74 Å². The third-order valence-electron chi connectivity index (χ3n) is 2.41. The molecule has 2 rings (SSSR count). The van der Waals surface area contributed by atoms with Crippen molar-refractivity contribution in [2.75, 3.05) is 7.11 Å². The Morgan fingerprint density at radius 1 is 1.38 bits per heavy atom. The van der Waals surface area contributed by atoms with Crippen LogP contribution in [0, 0.1) is 0 Å². The highest BCUT2D eigenvalue weighted by Gasteiger charge is 2.06. The maximum absolute atomic E-state index is 5.20. The molecule has 0 saturated heterocycles. The van der Waals surface area contributed by atoms with E-state index >= 15 is 0 Å². The van der Waals surface area contributed by atoms with Crippen molar-refractivity contribution in [1.82, 2.24) is 14.8 Å². The summed E-state index contributed by atoms with van der Waals surface area (Å²) in [6, 6.07) is 7.86. The molecule has 0 fully saturated rings. The van der Waals surface area contributed by atoms with Crippen molar-refractivity contribution in [3.63, 3.8) is 0 Å². The molecule has 0 aliphatic rings. The Hall–Kier alpha value is -1.84. The highest BCUT2D eigenvalue weighted by Crippen LogP contribution is 2.21. The SMILES string of the molecule is CCCn1cnnc1-c1cccc(OC)c1. The number of methoxy groups -OCH3 is 1. The number of aryl methyl sites for hydroxylation is 1. The van der Waals surface area contributed by atoms with E-state index in [1.165, 1.54) is 0 Å². The highest BCUT2D eigenvalue weighted by molar-refractivity contribution is 5.57. The summed E-state index contributed by atoms with van der Waals surface area (Å²) in [5.74, 6) is 1.73. The van der Waals surface area contributed by atoms with Gasteiger partial charge in [0.25, 0.3) is 0 Å². The number of hydrogen-bond donors (Lipinski definition) is 0. The van der Waals surface area contributed by atoms with Crippen molar-refractivity contribution in [1.29, 1.82) is 0 Å². The molecule has 0 N–H and O–H groups in total. The van der Waals surface area contributed by atoms with Gasteiger partial charge in [0.2, 0.25) is 0 Å². The number of nitrogens with zero attached hydrogens (tertiary/aromatic N) is 3. The largest absolute Gasteiger partial charge is 0.497 e. The van der Waals surface area contributed by atoms with E-state index in [2.05, 4.69) is 21.7 Å². The van der Waals surface area contributed by atoms with Crippen molar-refractivity contribution in [2.45, 2.75) is 19.9 Å². The molecule has 4 heteroatoms. The van der Waals surface area contributed by atoms with Gasteiger partial charge >= 0.3 is 0 Å². The predicted molar refractivity (Wildman–Crippen MR) is 62.3 cm³/mol. The molecule has 0 unspecified atom stereocenters. The fourth-order valence-electron chi connectivity index (χ4n) is 1.65. The van der Waals surface area contributed by atoms with E-state index in [0.29, 0.717) is 0 Å². The summed E-state index contributed by atoms with van der Waals surface area (Å²) in [5, 5.41) is 8.08. The van der Waals surface area contributed by atoms with Crippen LogP contribution in [0.3, 0.4) is 0 Å². The van der Waals surface area contributed by atoms with E-state index in [1.54, 1.807) is 13.4 Å². The van der Waals surface area contributed by atoms with Gasteiger partial charge in [0.05, 0.1) is 7.11 Å². The quantitative estimate of drug-likeness (QED) is 0.789. The molecular formula is C12H15N3O. The van der Waals surface area contributed by atoms with Crippen LogP contribution in [0.4, 0.5) is 0 Å². The van der Waals surface area contributed by atoms with Crippen LogP contribution in [-0.4, -0.2) is 21.9 Å². The molecule has 0 atom stereocenters. The molecule has 0 radical (unpaired) electrons. The molecular weight excluding hydrogens is 202 g/mol. The molecule has 0 aliphatic carbocycles. The van der Waals surface area contributed by atoms with E-state index in [0.717, 1.165) is 30.1 Å². The molecule has 0 bridgehead atoms. The van der Waals surface area contributed by atoms with Crippen molar-refractivity contribution >= 4 is 0 Å². The van der Waals surface area contributed by atoms with Gasteiger partial charge < -0.3 is 9.30 Å². The van der Waals surface area contributed by atoms with Crippen molar-refractivity contribution in [2.24, 2.45) is 0 Å². The zero-order chi connectivity index (χ0) is 11.4. The third kappa shape index (κ3) is 2.05. The normalized spacial score (nSPS) is 10.4. The van der Waals surface area contributed by atoms with Gasteiger partial charge in [-0.05, 0) is 18.6 Å². The Kier molecular flexibility index (Phi) is 3.19. The summed E-state index contributed by atoms with van der Waals surface area (Å²) in [6.07, 6.45) is 2.83. The smallest absolute Gasteiger partial charge is 0.163 e. The number of benzene rings is 1. The zero-order valence-corrected chi connectivity index (χ0v) is 9.55. The van der Waals surface area contributed by atoms with Gasteiger partial charge in [-0.3, -0.25) is 0 Å². The summed E-state index contributed by atoms with van der Waals surface area (Å²) < 4.78 is 7.25. The second-order valence-corrected chi connectivity index (χ2v) is 3.58. The average molecular weight is 217 g/mol. The third-order valence-corrected chi connectivity index (χ3v) is 2.41. The minimum absolute atomic E-state index is 0.837. The van der Waals surface area contributed by atoms with E-state index in [1.807, 2.05) is 24.3 Å². The first kappa shape index (κ1) is 10.7. The zero-order valence-electron chi connectivity index (χ0n) is 9.55. The molecule has 0 aliphatic heterocycles.